The van der Waals surface area contributed by atoms with Crippen molar-refractivity contribution >= 4 is 34.2 Å². The van der Waals surface area contributed by atoms with Crippen LogP contribution in [0.25, 0.3) is 0 Å². The number of primary amides is 1. The molecule has 0 aliphatic carbocycles. The van der Waals surface area contributed by atoms with E-state index in [-0.39, 0.29) is 12.2 Å². The van der Waals surface area contributed by atoms with Crippen LogP contribution in [0.3, 0.4) is 0 Å². The lowest BCUT2D eigenvalue weighted by Gasteiger charge is -2.25. The van der Waals surface area contributed by atoms with Crippen LogP contribution in [0.1, 0.15) is 20.8 Å². The summed E-state index contributed by atoms with van der Waals surface area (Å²) in [6, 6.07) is 7.08. The van der Waals surface area contributed by atoms with Crippen LogP contribution in [0.2, 0.25) is 0 Å². The zero-order valence-corrected chi connectivity index (χ0v) is 16.4. The Morgan fingerprint density at radius 3 is 2.76 bits per heavy atom. The molecule has 29 heavy (non-hydrogen) atoms. The van der Waals surface area contributed by atoms with Crippen LogP contribution in [0.5, 0.6) is 11.5 Å². The molecular formula is C19H19N3O6S. The molecule has 0 spiro atoms. The van der Waals surface area contributed by atoms with Gasteiger partial charge in [-0.15, -0.1) is 11.3 Å². The van der Waals surface area contributed by atoms with Crippen molar-refractivity contribution in [1.82, 2.24) is 4.90 Å². The van der Waals surface area contributed by atoms with E-state index in [2.05, 4.69) is 5.32 Å². The predicted octanol–water partition coefficient (Wildman–Crippen LogP) is 1.75. The second-order valence-electron chi connectivity index (χ2n) is 6.57. The number of amides is 3. The number of para-hydroxylation sites is 2. The zero-order chi connectivity index (χ0) is 20.5. The molecular weight excluding hydrogens is 398 g/mol. The molecule has 3 N–H and O–H groups in total. The van der Waals surface area contributed by atoms with Crippen molar-refractivity contribution in [2.45, 2.75) is 19.1 Å². The summed E-state index contributed by atoms with van der Waals surface area (Å²) in [6.45, 7) is 0.746. The number of nitrogens with one attached hydrogen (secondary N) is 1. The Balaban J connectivity index is 1.55. The number of ether oxygens (including phenoxy) is 3. The van der Waals surface area contributed by atoms with E-state index in [0.29, 0.717) is 36.0 Å². The molecule has 3 heterocycles. The molecule has 1 aromatic heterocycles. The molecule has 1 aromatic carbocycles. The topological polar surface area (TPSA) is 120 Å². The summed E-state index contributed by atoms with van der Waals surface area (Å²) in [7, 11) is 1.32. The lowest BCUT2D eigenvalue weighted by molar-refractivity contribution is -0.125. The smallest absolute Gasteiger partial charge is 0.409 e. The fourth-order valence-corrected chi connectivity index (χ4v) is 4.65. The first-order valence-electron chi connectivity index (χ1n) is 8.94. The fourth-order valence-electron chi connectivity index (χ4n) is 3.38. The van der Waals surface area contributed by atoms with Crippen molar-refractivity contribution in [1.29, 1.82) is 0 Å². The highest BCUT2D eigenvalue weighted by molar-refractivity contribution is 7.17. The van der Waals surface area contributed by atoms with E-state index in [9.17, 15) is 14.4 Å². The lowest BCUT2D eigenvalue weighted by atomic mass is 10.0. The van der Waals surface area contributed by atoms with Gasteiger partial charge in [-0.25, -0.2) is 4.79 Å². The van der Waals surface area contributed by atoms with Gasteiger partial charge in [-0.3, -0.25) is 9.59 Å². The molecule has 1 atom stereocenters. The molecule has 0 unspecified atom stereocenters. The minimum Gasteiger partial charge on any atom is -0.485 e. The molecule has 9 nitrogen and oxygen atoms in total. The van der Waals surface area contributed by atoms with Crippen molar-refractivity contribution in [3.05, 3.63) is 40.3 Å². The van der Waals surface area contributed by atoms with Gasteiger partial charge in [-0.1, -0.05) is 12.1 Å². The second kappa shape index (κ2) is 7.63. The Labute approximate surface area is 170 Å². The normalized spacial score (nSPS) is 17.3. The maximum absolute atomic E-state index is 12.7. The average Bonchev–Trinajstić information content (AvgIpc) is 3.09. The number of hydrogen-bond acceptors (Lipinski definition) is 7. The third-order valence-corrected chi connectivity index (χ3v) is 5.91. The summed E-state index contributed by atoms with van der Waals surface area (Å²) in [5.41, 5.74) is 6.61. The van der Waals surface area contributed by atoms with Crippen LogP contribution >= 0.6 is 11.3 Å². The molecule has 2 aliphatic rings. The monoisotopic (exact) mass is 417 g/mol. The minimum absolute atomic E-state index is 0.0515. The molecule has 2 aromatic rings. The highest BCUT2D eigenvalue weighted by Crippen LogP contribution is 2.37. The van der Waals surface area contributed by atoms with E-state index in [1.54, 1.807) is 18.2 Å². The third kappa shape index (κ3) is 3.58. The highest BCUT2D eigenvalue weighted by atomic mass is 32.1. The van der Waals surface area contributed by atoms with Crippen LogP contribution in [0.4, 0.5) is 9.80 Å². The summed E-state index contributed by atoms with van der Waals surface area (Å²) in [5, 5.41) is 3.10. The van der Waals surface area contributed by atoms with Crippen molar-refractivity contribution in [2.75, 3.05) is 25.6 Å². The van der Waals surface area contributed by atoms with E-state index in [4.69, 9.17) is 19.9 Å². The molecule has 0 saturated carbocycles. The summed E-state index contributed by atoms with van der Waals surface area (Å²) < 4.78 is 16.0. The van der Waals surface area contributed by atoms with Gasteiger partial charge in [-0.2, -0.15) is 0 Å². The Morgan fingerprint density at radius 1 is 1.28 bits per heavy atom. The van der Waals surface area contributed by atoms with E-state index in [1.165, 1.54) is 23.3 Å². The predicted molar refractivity (Wildman–Crippen MR) is 104 cm³/mol. The Morgan fingerprint density at radius 2 is 2.03 bits per heavy atom. The quantitative estimate of drug-likeness (QED) is 0.785. The van der Waals surface area contributed by atoms with Crippen LogP contribution in [0, 0.1) is 0 Å². The Bertz CT molecular complexity index is 988. The van der Waals surface area contributed by atoms with Gasteiger partial charge in [0.1, 0.15) is 11.6 Å². The number of carbonyl (C=O) groups is 3. The van der Waals surface area contributed by atoms with Crippen LogP contribution in [0.15, 0.2) is 24.3 Å². The standard InChI is InChI=1S/C19H19N3O6S/c1-26-19(25)22-7-6-10-14(8-22)29-18(15(10)16(20)23)21-17(24)13-9-27-11-4-2-3-5-12(11)28-13/h2-5,13H,6-9H2,1H3,(H2,20,23)(H,21,24)/t13-/m0/s1. The van der Waals surface area contributed by atoms with Crippen molar-refractivity contribution < 1.29 is 28.6 Å². The van der Waals surface area contributed by atoms with Crippen LogP contribution in [-0.4, -0.2) is 49.2 Å². The van der Waals surface area contributed by atoms with E-state index >= 15 is 0 Å². The van der Waals surface area contributed by atoms with Crippen molar-refractivity contribution in [2.24, 2.45) is 5.73 Å². The number of nitrogens with zero attached hydrogens (tertiary/aromatic N) is 1. The van der Waals surface area contributed by atoms with Gasteiger partial charge in [0, 0.05) is 11.4 Å². The highest BCUT2D eigenvalue weighted by Gasteiger charge is 2.32. The zero-order valence-electron chi connectivity index (χ0n) is 15.6. The number of methoxy groups -OCH3 is 1. The maximum Gasteiger partial charge on any atom is 0.409 e. The number of rotatable bonds is 3. The maximum atomic E-state index is 12.7. The number of fused-ring (bicyclic) bond motifs is 2. The second-order valence-corrected chi connectivity index (χ2v) is 7.67. The SMILES string of the molecule is COC(=O)N1CCc2c(sc(NC(=O)[C@@H]3COc4ccccc4O3)c2C(N)=O)C1. The summed E-state index contributed by atoms with van der Waals surface area (Å²) in [6.07, 6.45) is -0.858. The number of anilines is 1. The number of hydrogen-bond donors (Lipinski definition) is 2. The molecule has 3 amide bonds. The van der Waals surface area contributed by atoms with Gasteiger partial charge in [0.2, 0.25) is 6.10 Å². The first kappa shape index (κ1) is 19.1. The minimum atomic E-state index is -0.865. The summed E-state index contributed by atoms with van der Waals surface area (Å²) in [4.78, 5) is 38.9. The number of carbonyl (C=O) groups excluding carboxylic acids is 3. The molecule has 0 radical (unpaired) electrons. The molecule has 0 bridgehead atoms. The van der Waals surface area contributed by atoms with Crippen LogP contribution < -0.4 is 20.5 Å². The largest absolute Gasteiger partial charge is 0.485 e. The first-order chi connectivity index (χ1) is 14.0. The molecule has 0 saturated heterocycles. The van der Waals surface area contributed by atoms with Crippen LogP contribution in [-0.2, 0) is 22.5 Å². The van der Waals surface area contributed by atoms with E-state index < -0.39 is 24.0 Å². The third-order valence-electron chi connectivity index (χ3n) is 4.77. The molecule has 4 rings (SSSR count). The Hall–Kier alpha value is -3.27. The molecule has 10 heteroatoms. The number of nitrogens with two attached hydrogens (primary N) is 1. The van der Waals surface area contributed by atoms with Gasteiger partial charge in [0.15, 0.2) is 11.5 Å². The number of thiophene rings is 1. The summed E-state index contributed by atoms with van der Waals surface area (Å²) in [5.74, 6) is -0.0158. The molecule has 2 aliphatic heterocycles. The van der Waals surface area contributed by atoms with Gasteiger partial charge in [0.25, 0.3) is 11.8 Å². The van der Waals surface area contributed by atoms with Gasteiger partial charge >= 0.3 is 6.09 Å². The van der Waals surface area contributed by atoms with Gasteiger partial charge in [-0.05, 0) is 24.1 Å². The molecule has 0 fully saturated rings. The van der Waals surface area contributed by atoms with Gasteiger partial charge in [0.05, 0.1) is 19.2 Å². The number of benzene rings is 1. The first-order valence-corrected chi connectivity index (χ1v) is 9.76. The van der Waals surface area contributed by atoms with E-state index in [1.807, 2.05) is 6.07 Å². The van der Waals surface area contributed by atoms with Gasteiger partial charge < -0.3 is 30.2 Å². The van der Waals surface area contributed by atoms with Crippen molar-refractivity contribution in [3.8, 4) is 11.5 Å². The average molecular weight is 417 g/mol. The fraction of sp³-hybridized carbons (Fsp3) is 0.316. The van der Waals surface area contributed by atoms with Crippen molar-refractivity contribution in [3.63, 3.8) is 0 Å². The summed E-state index contributed by atoms with van der Waals surface area (Å²) >= 11 is 1.22. The Kier molecular flexibility index (Phi) is 5.01. The van der Waals surface area contributed by atoms with E-state index in [0.717, 1.165) is 10.4 Å². The molecule has 152 valence electrons. The lowest BCUT2D eigenvalue weighted by Crippen LogP contribution is -2.40.